The molecule has 0 radical (unpaired) electrons. The monoisotopic (exact) mass is 279 g/mol. The van der Waals surface area contributed by atoms with Gasteiger partial charge in [-0.25, -0.2) is 0 Å². The maximum atomic E-state index is 11.9. The minimum absolute atomic E-state index is 0.312. The van der Waals surface area contributed by atoms with Gasteiger partial charge in [0.05, 0.1) is 0 Å². The first-order valence-electron chi connectivity index (χ1n) is 7.75. The molecule has 1 aliphatic carbocycles. The average molecular weight is 279 g/mol. The molecule has 2 N–H and O–H groups in total. The minimum Gasteiger partial charge on any atom is -0.366 e. The van der Waals surface area contributed by atoms with E-state index in [1.54, 1.807) is 0 Å². The molecule has 0 unspecified atom stereocenters. The van der Waals surface area contributed by atoms with Crippen molar-refractivity contribution in [3.63, 3.8) is 0 Å². The van der Waals surface area contributed by atoms with Gasteiger partial charge in [-0.3, -0.25) is 4.79 Å². The van der Waals surface area contributed by atoms with E-state index in [0.29, 0.717) is 11.5 Å². The van der Waals surface area contributed by atoms with Gasteiger partial charge >= 0.3 is 0 Å². The standard InChI is InChI=1S/C19H21NO/c20-19(21)17-13-7-12-16(14-8-3-1-4-9-14)18(17)15-10-5-2-6-11-15/h1,3-4,7-9,12-13,15H,2,5-6,10-11H2,(H2,20,21). The molecule has 0 spiro atoms. The van der Waals surface area contributed by atoms with Gasteiger partial charge in [0.25, 0.3) is 0 Å². The Morgan fingerprint density at radius 3 is 2.29 bits per heavy atom. The zero-order valence-electron chi connectivity index (χ0n) is 12.2. The molecule has 2 nitrogen and oxygen atoms in total. The first kappa shape index (κ1) is 13.9. The number of hydrogen-bond acceptors (Lipinski definition) is 1. The lowest BCUT2D eigenvalue weighted by Gasteiger charge is -2.26. The highest BCUT2D eigenvalue weighted by atomic mass is 16.1. The Balaban J connectivity index is 2.15. The molecule has 2 heteroatoms. The molecule has 2 aromatic carbocycles. The van der Waals surface area contributed by atoms with Gasteiger partial charge < -0.3 is 5.73 Å². The molecule has 3 rings (SSSR count). The lowest BCUT2D eigenvalue weighted by Crippen LogP contribution is -2.17. The van der Waals surface area contributed by atoms with Gasteiger partial charge in [-0.2, -0.15) is 0 Å². The molecule has 108 valence electrons. The second-order valence-corrected chi connectivity index (χ2v) is 5.83. The van der Waals surface area contributed by atoms with E-state index in [1.165, 1.54) is 30.4 Å². The third-order valence-electron chi connectivity index (χ3n) is 4.47. The summed E-state index contributed by atoms with van der Waals surface area (Å²) in [6.45, 7) is 0. The summed E-state index contributed by atoms with van der Waals surface area (Å²) in [4.78, 5) is 11.9. The van der Waals surface area contributed by atoms with Crippen LogP contribution in [0.15, 0.2) is 48.5 Å². The highest BCUT2D eigenvalue weighted by molar-refractivity contribution is 5.96. The van der Waals surface area contributed by atoms with Crippen LogP contribution in [0.4, 0.5) is 0 Å². The van der Waals surface area contributed by atoms with Crippen LogP contribution in [0.3, 0.4) is 0 Å². The Hall–Kier alpha value is -2.09. The summed E-state index contributed by atoms with van der Waals surface area (Å²) in [7, 11) is 0. The van der Waals surface area contributed by atoms with Crippen LogP contribution in [0.2, 0.25) is 0 Å². The third-order valence-corrected chi connectivity index (χ3v) is 4.47. The van der Waals surface area contributed by atoms with E-state index in [4.69, 9.17) is 5.73 Å². The summed E-state index contributed by atoms with van der Waals surface area (Å²) in [5.74, 6) is 0.144. The molecule has 2 aromatic rings. The van der Waals surface area contributed by atoms with E-state index < -0.39 is 0 Å². The predicted molar refractivity (Wildman–Crippen MR) is 86.2 cm³/mol. The van der Waals surface area contributed by atoms with E-state index in [1.807, 2.05) is 30.3 Å². The quantitative estimate of drug-likeness (QED) is 0.883. The van der Waals surface area contributed by atoms with Gasteiger partial charge in [0.1, 0.15) is 0 Å². The van der Waals surface area contributed by atoms with Gasteiger partial charge in [-0.05, 0) is 41.5 Å². The topological polar surface area (TPSA) is 43.1 Å². The van der Waals surface area contributed by atoms with Crippen LogP contribution in [0.5, 0.6) is 0 Å². The Morgan fingerprint density at radius 1 is 0.905 bits per heavy atom. The van der Waals surface area contributed by atoms with Gasteiger partial charge in [0.2, 0.25) is 5.91 Å². The number of carbonyl (C=O) groups is 1. The second-order valence-electron chi connectivity index (χ2n) is 5.83. The maximum Gasteiger partial charge on any atom is 0.249 e. The lowest BCUT2D eigenvalue weighted by molar-refractivity contribution is 0.0998. The Labute approximate surface area is 126 Å². The zero-order valence-corrected chi connectivity index (χ0v) is 12.2. The van der Waals surface area contributed by atoms with Gasteiger partial charge in [0, 0.05) is 5.56 Å². The Morgan fingerprint density at radius 2 is 1.62 bits per heavy atom. The van der Waals surface area contributed by atoms with E-state index in [-0.39, 0.29) is 5.91 Å². The van der Waals surface area contributed by atoms with Crippen LogP contribution in [0.25, 0.3) is 11.1 Å². The second kappa shape index (κ2) is 6.13. The summed E-state index contributed by atoms with van der Waals surface area (Å²) in [5.41, 5.74) is 9.82. The number of amides is 1. The van der Waals surface area contributed by atoms with Gasteiger partial charge in [-0.1, -0.05) is 61.7 Å². The van der Waals surface area contributed by atoms with Crippen LogP contribution < -0.4 is 5.73 Å². The summed E-state index contributed by atoms with van der Waals surface area (Å²) in [6.07, 6.45) is 6.10. The van der Waals surface area contributed by atoms with Crippen molar-refractivity contribution in [2.24, 2.45) is 5.73 Å². The first-order valence-corrected chi connectivity index (χ1v) is 7.75. The highest BCUT2D eigenvalue weighted by Gasteiger charge is 2.23. The molecular formula is C19H21NO. The molecule has 0 aliphatic heterocycles. The summed E-state index contributed by atoms with van der Waals surface area (Å²) in [6, 6.07) is 16.2. The average Bonchev–Trinajstić information content (AvgIpc) is 2.55. The van der Waals surface area contributed by atoms with Gasteiger partial charge in [0.15, 0.2) is 0 Å². The minimum atomic E-state index is -0.312. The van der Waals surface area contributed by atoms with Crippen molar-refractivity contribution in [1.29, 1.82) is 0 Å². The zero-order chi connectivity index (χ0) is 14.7. The molecule has 0 bridgehead atoms. The number of nitrogens with two attached hydrogens (primary N) is 1. The van der Waals surface area contributed by atoms with Crippen molar-refractivity contribution in [3.8, 4) is 11.1 Å². The number of primary amides is 1. The van der Waals surface area contributed by atoms with Crippen LogP contribution >= 0.6 is 0 Å². The largest absolute Gasteiger partial charge is 0.366 e. The SMILES string of the molecule is NC(=O)c1cccc(-c2ccccc2)c1C1CCCCC1. The lowest BCUT2D eigenvalue weighted by atomic mass is 9.78. The molecular weight excluding hydrogens is 258 g/mol. The predicted octanol–water partition coefficient (Wildman–Crippen LogP) is 4.50. The molecule has 1 saturated carbocycles. The Bertz CT molecular complexity index is 627. The molecule has 0 heterocycles. The summed E-state index contributed by atoms with van der Waals surface area (Å²) >= 11 is 0. The number of benzene rings is 2. The summed E-state index contributed by atoms with van der Waals surface area (Å²) in [5, 5.41) is 0. The molecule has 1 fully saturated rings. The molecule has 21 heavy (non-hydrogen) atoms. The fourth-order valence-electron chi connectivity index (χ4n) is 3.48. The number of hydrogen-bond donors (Lipinski definition) is 1. The molecule has 1 amide bonds. The van der Waals surface area contributed by atoms with Crippen LogP contribution in [-0.2, 0) is 0 Å². The van der Waals surface area contributed by atoms with E-state index in [2.05, 4.69) is 18.2 Å². The smallest absolute Gasteiger partial charge is 0.249 e. The fourth-order valence-corrected chi connectivity index (χ4v) is 3.48. The third kappa shape index (κ3) is 2.85. The molecule has 0 saturated heterocycles. The normalized spacial score (nSPS) is 15.8. The van der Waals surface area contributed by atoms with Crippen LogP contribution in [-0.4, -0.2) is 5.91 Å². The van der Waals surface area contributed by atoms with Crippen molar-refractivity contribution >= 4 is 5.91 Å². The maximum absolute atomic E-state index is 11.9. The van der Waals surface area contributed by atoms with Crippen molar-refractivity contribution in [2.45, 2.75) is 38.0 Å². The van der Waals surface area contributed by atoms with E-state index >= 15 is 0 Å². The number of rotatable bonds is 3. The van der Waals surface area contributed by atoms with Crippen molar-refractivity contribution in [3.05, 3.63) is 59.7 Å². The Kier molecular flexibility index (Phi) is 4.05. The van der Waals surface area contributed by atoms with E-state index in [0.717, 1.165) is 18.4 Å². The fraction of sp³-hybridized carbons (Fsp3) is 0.316. The summed E-state index contributed by atoms with van der Waals surface area (Å²) < 4.78 is 0. The first-order chi connectivity index (χ1) is 10.3. The molecule has 1 aliphatic rings. The molecule has 0 atom stereocenters. The van der Waals surface area contributed by atoms with Crippen LogP contribution in [0.1, 0.15) is 53.9 Å². The van der Waals surface area contributed by atoms with Gasteiger partial charge in [-0.15, -0.1) is 0 Å². The van der Waals surface area contributed by atoms with Crippen LogP contribution in [0, 0.1) is 0 Å². The van der Waals surface area contributed by atoms with Crippen molar-refractivity contribution in [1.82, 2.24) is 0 Å². The van der Waals surface area contributed by atoms with Crippen molar-refractivity contribution in [2.75, 3.05) is 0 Å². The van der Waals surface area contributed by atoms with E-state index in [9.17, 15) is 4.79 Å². The highest BCUT2D eigenvalue weighted by Crippen LogP contribution is 2.39. The number of carbonyl (C=O) groups excluding carboxylic acids is 1. The molecule has 0 aromatic heterocycles. The van der Waals surface area contributed by atoms with Crippen molar-refractivity contribution < 1.29 is 4.79 Å².